The molecule has 3 rings (SSSR count). The normalized spacial score (nSPS) is 21.4. The third-order valence-corrected chi connectivity index (χ3v) is 4.07. The van der Waals surface area contributed by atoms with Gasteiger partial charge < -0.3 is 5.11 Å². The lowest BCUT2D eigenvalue weighted by atomic mass is 9.82. The predicted octanol–water partition coefficient (Wildman–Crippen LogP) is 2.67. The Kier molecular flexibility index (Phi) is 3.36. The second-order valence-corrected chi connectivity index (χ2v) is 5.20. The molecule has 1 aliphatic rings. The van der Waals surface area contributed by atoms with Gasteiger partial charge in [0.05, 0.1) is 12.1 Å². The molecule has 0 spiro atoms. The molecule has 2 aromatic rings. The molecule has 2 N–H and O–H groups in total. The molecular formula is C17H19NO. The van der Waals surface area contributed by atoms with E-state index in [4.69, 9.17) is 0 Å². The minimum Gasteiger partial charge on any atom is -0.395 e. The molecule has 1 saturated heterocycles. The van der Waals surface area contributed by atoms with Gasteiger partial charge in [-0.3, -0.25) is 5.32 Å². The van der Waals surface area contributed by atoms with Crippen molar-refractivity contribution in [2.75, 3.05) is 6.61 Å². The minimum absolute atomic E-state index is 0.157. The third-order valence-electron chi connectivity index (χ3n) is 4.07. The zero-order valence-electron chi connectivity index (χ0n) is 10.9. The molecule has 19 heavy (non-hydrogen) atoms. The van der Waals surface area contributed by atoms with Crippen LogP contribution in [0.3, 0.4) is 0 Å². The largest absolute Gasteiger partial charge is 0.395 e. The summed E-state index contributed by atoms with van der Waals surface area (Å²) in [6.45, 7) is 0.196. The van der Waals surface area contributed by atoms with Crippen LogP contribution < -0.4 is 5.32 Å². The number of rotatable bonds is 3. The zero-order valence-corrected chi connectivity index (χ0v) is 10.9. The summed E-state index contributed by atoms with van der Waals surface area (Å²) < 4.78 is 0. The predicted molar refractivity (Wildman–Crippen MR) is 76.9 cm³/mol. The van der Waals surface area contributed by atoms with Gasteiger partial charge in [0.15, 0.2) is 0 Å². The molecule has 0 aromatic heterocycles. The Morgan fingerprint density at radius 3 is 1.89 bits per heavy atom. The zero-order chi connectivity index (χ0) is 13.1. The Labute approximate surface area is 114 Å². The first-order valence-corrected chi connectivity index (χ1v) is 6.85. The third kappa shape index (κ3) is 2.18. The van der Waals surface area contributed by atoms with Crippen LogP contribution in [-0.4, -0.2) is 17.8 Å². The second-order valence-electron chi connectivity index (χ2n) is 5.20. The smallest absolute Gasteiger partial charge is 0.0694 e. The van der Waals surface area contributed by atoms with Crippen LogP contribution in [0.1, 0.15) is 24.0 Å². The molecule has 1 fully saturated rings. The topological polar surface area (TPSA) is 32.3 Å². The lowest BCUT2D eigenvalue weighted by Crippen LogP contribution is -2.42. The fourth-order valence-corrected chi connectivity index (χ4v) is 3.09. The molecule has 1 heterocycles. The Morgan fingerprint density at radius 1 is 0.947 bits per heavy atom. The van der Waals surface area contributed by atoms with Gasteiger partial charge in [-0.2, -0.15) is 0 Å². The van der Waals surface area contributed by atoms with E-state index >= 15 is 0 Å². The number of benzene rings is 2. The van der Waals surface area contributed by atoms with Crippen LogP contribution in [0.2, 0.25) is 0 Å². The van der Waals surface area contributed by atoms with E-state index in [-0.39, 0.29) is 18.2 Å². The Hall–Kier alpha value is -1.64. The summed E-state index contributed by atoms with van der Waals surface area (Å²) >= 11 is 0. The molecule has 0 radical (unpaired) electrons. The van der Waals surface area contributed by atoms with E-state index in [2.05, 4.69) is 53.8 Å². The molecule has 98 valence electrons. The monoisotopic (exact) mass is 253 g/mol. The van der Waals surface area contributed by atoms with Crippen LogP contribution in [0.25, 0.3) is 0 Å². The highest BCUT2D eigenvalue weighted by atomic mass is 16.3. The van der Waals surface area contributed by atoms with Crippen molar-refractivity contribution in [3.8, 4) is 0 Å². The van der Waals surface area contributed by atoms with Crippen LogP contribution in [0.4, 0.5) is 0 Å². The van der Waals surface area contributed by atoms with Crippen molar-refractivity contribution in [2.45, 2.75) is 24.4 Å². The Balaban J connectivity index is 2.07. The summed E-state index contributed by atoms with van der Waals surface area (Å²) in [6.07, 6.45) is 2.02. The summed E-state index contributed by atoms with van der Waals surface area (Å²) in [7, 11) is 0. The van der Waals surface area contributed by atoms with Crippen molar-refractivity contribution in [1.29, 1.82) is 0 Å². The average molecular weight is 253 g/mol. The number of nitrogens with one attached hydrogen (secondary N) is 1. The summed E-state index contributed by atoms with van der Waals surface area (Å²) in [5.74, 6) is 0. The van der Waals surface area contributed by atoms with Crippen LogP contribution in [0.5, 0.6) is 0 Å². The second kappa shape index (κ2) is 5.16. The Morgan fingerprint density at radius 2 is 1.47 bits per heavy atom. The molecular weight excluding hydrogens is 234 g/mol. The van der Waals surface area contributed by atoms with Crippen molar-refractivity contribution in [2.24, 2.45) is 0 Å². The summed E-state index contributed by atoms with van der Waals surface area (Å²) in [6, 6.07) is 21.2. The lowest BCUT2D eigenvalue weighted by molar-refractivity contribution is 0.245. The van der Waals surface area contributed by atoms with Crippen molar-refractivity contribution in [1.82, 2.24) is 5.32 Å². The minimum atomic E-state index is -0.157. The van der Waals surface area contributed by atoms with Gasteiger partial charge in [0.2, 0.25) is 0 Å². The van der Waals surface area contributed by atoms with E-state index in [0.717, 1.165) is 12.8 Å². The van der Waals surface area contributed by atoms with Gasteiger partial charge in [-0.15, -0.1) is 0 Å². The number of hydrogen-bond acceptors (Lipinski definition) is 2. The number of aliphatic hydroxyl groups excluding tert-OH is 1. The highest BCUT2D eigenvalue weighted by Crippen LogP contribution is 2.39. The standard InChI is InChI=1S/C17H19NO/c19-13-16-11-12-17(18-16,14-7-3-1-4-8-14)15-9-5-2-6-10-15/h1-10,16,18-19H,11-13H2. The maximum absolute atomic E-state index is 9.43. The summed E-state index contributed by atoms with van der Waals surface area (Å²) in [5, 5.41) is 13.1. The van der Waals surface area contributed by atoms with Gasteiger partial charge in [0.1, 0.15) is 0 Å². The van der Waals surface area contributed by atoms with Gasteiger partial charge in [0.25, 0.3) is 0 Å². The molecule has 2 nitrogen and oxygen atoms in total. The van der Waals surface area contributed by atoms with E-state index < -0.39 is 0 Å². The first-order valence-electron chi connectivity index (χ1n) is 6.85. The van der Waals surface area contributed by atoms with Gasteiger partial charge in [-0.1, -0.05) is 60.7 Å². The maximum Gasteiger partial charge on any atom is 0.0694 e. The van der Waals surface area contributed by atoms with Crippen molar-refractivity contribution >= 4 is 0 Å². The highest BCUT2D eigenvalue weighted by Gasteiger charge is 2.40. The van der Waals surface area contributed by atoms with Gasteiger partial charge >= 0.3 is 0 Å². The van der Waals surface area contributed by atoms with E-state index in [1.54, 1.807) is 0 Å². The van der Waals surface area contributed by atoms with Crippen LogP contribution in [0.15, 0.2) is 60.7 Å². The summed E-state index contributed by atoms with van der Waals surface area (Å²) in [4.78, 5) is 0. The molecule has 2 heteroatoms. The van der Waals surface area contributed by atoms with E-state index in [0.29, 0.717) is 0 Å². The van der Waals surface area contributed by atoms with Crippen molar-refractivity contribution in [3.63, 3.8) is 0 Å². The van der Waals surface area contributed by atoms with E-state index in [1.807, 2.05) is 12.1 Å². The van der Waals surface area contributed by atoms with E-state index in [9.17, 15) is 5.11 Å². The van der Waals surface area contributed by atoms with Crippen LogP contribution in [-0.2, 0) is 5.54 Å². The van der Waals surface area contributed by atoms with Gasteiger partial charge in [-0.25, -0.2) is 0 Å². The number of hydrogen-bond donors (Lipinski definition) is 2. The molecule has 1 unspecified atom stereocenters. The first-order chi connectivity index (χ1) is 9.35. The molecule has 0 bridgehead atoms. The Bertz CT molecular complexity index is 484. The fourth-order valence-electron chi connectivity index (χ4n) is 3.09. The molecule has 0 amide bonds. The fraction of sp³-hybridized carbons (Fsp3) is 0.294. The van der Waals surface area contributed by atoms with Crippen LogP contribution >= 0.6 is 0 Å². The van der Waals surface area contributed by atoms with Crippen molar-refractivity contribution in [3.05, 3.63) is 71.8 Å². The van der Waals surface area contributed by atoms with Gasteiger partial charge in [0, 0.05) is 6.04 Å². The first kappa shape index (κ1) is 12.4. The summed E-state index contributed by atoms with van der Waals surface area (Å²) in [5.41, 5.74) is 2.39. The van der Waals surface area contributed by atoms with Gasteiger partial charge in [-0.05, 0) is 24.0 Å². The maximum atomic E-state index is 9.43. The lowest BCUT2D eigenvalue weighted by Gasteiger charge is -2.32. The average Bonchev–Trinajstić information content (AvgIpc) is 2.95. The molecule has 0 saturated carbocycles. The quantitative estimate of drug-likeness (QED) is 0.881. The number of aliphatic hydroxyl groups is 1. The molecule has 1 atom stereocenters. The van der Waals surface area contributed by atoms with Crippen molar-refractivity contribution < 1.29 is 5.11 Å². The SMILES string of the molecule is OCC1CCC(c2ccccc2)(c2ccccc2)N1. The van der Waals surface area contributed by atoms with Crippen LogP contribution in [0, 0.1) is 0 Å². The molecule has 2 aromatic carbocycles. The van der Waals surface area contributed by atoms with E-state index in [1.165, 1.54) is 11.1 Å². The highest BCUT2D eigenvalue weighted by molar-refractivity contribution is 5.39. The molecule has 0 aliphatic carbocycles. The molecule has 1 aliphatic heterocycles.